The molecule has 118 valence electrons. The first-order valence-corrected chi connectivity index (χ1v) is 6.53. The molecule has 2 rings (SSSR count). The van der Waals surface area contributed by atoms with E-state index in [0.29, 0.717) is 0 Å². The summed E-state index contributed by atoms with van der Waals surface area (Å²) in [6.45, 7) is 3.43. The Bertz CT molecular complexity index is 623. The maximum atomic E-state index is 13.2. The van der Waals surface area contributed by atoms with Crippen LogP contribution < -0.4 is 4.74 Å². The summed E-state index contributed by atoms with van der Waals surface area (Å²) in [5, 5.41) is 0. The van der Waals surface area contributed by atoms with Crippen LogP contribution in [0.3, 0.4) is 0 Å². The van der Waals surface area contributed by atoms with Gasteiger partial charge in [-0.3, -0.25) is 4.79 Å². The third-order valence-electron chi connectivity index (χ3n) is 3.01. The van der Waals surface area contributed by atoms with Crippen molar-refractivity contribution in [1.82, 2.24) is 0 Å². The molecule has 0 amide bonds. The highest BCUT2D eigenvalue weighted by Gasteiger charge is 2.19. The van der Waals surface area contributed by atoms with E-state index < -0.39 is 17.8 Å². The molecule has 0 spiro atoms. The van der Waals surface area contributed by atoms with E-state index in [1.807, 2.05) is 31.2 Å². The van der Waals surface area contributed by atoms with Crippen molar-refractivity contribution in [3.63, 3.8) is 0 Å². The van der Waals surface area contributed by atoms with Gasteiger partial charge in [-0.05, 0) is 25.5 Å². The maximum Gasteiger partial charge on any atom is 0.267 e. The molecule has 22 heavy (non-hydrogen) atoms. The molecular formula is C17H17F3O2. The Labute approximate surface area is 127 Å². The van der Waals surface area contributed by atoms with E-state index in [0.717, 1.165) is 11.8 Å². The fourth-order valence-corrected chi connectivity index (χ4v) is 1.74. The highest BCUT2D eigenvalue weighted by Crippen LogP contribution is 2.30. The van der Waals surface area contributed by atoms with Gasteiger partial charge in [-0.1, -0.05) is 35.9 Å². The molecule has 0 radical (unpaired) electrons. The number of aryl methyl sites for hydroxylation is 2. The van der Waals surface area contributed by atoms with Crippen molar-refractivity contribution in [2.24, 2.45) is 0 Å². The van der Waals surface area contributed by atoms with Gasteiger partial charge in [0.1, 0.15) is 6.29 Å². The lowest BCUT2D eigenvalue weighted by Gasteiger charge is -2.09. The topological polar surface area (TPSA) is 26.3 Å². The van der Waals surface area contributed by atoms with Crippen molar-refractivity contribution in [3.05, 3.63) is 64.5 Å². The summed E-state index contributed by atoms with van der Waals surface area (Å²) < 4.78 is 42.4. The number of benzene rings is 2. The average Bonchev–Trinajstić information content (AvgIpc) is 2.48. The van der Waals surface area contributed by atoms with Gasteiger partial charge in [0.2, 0.25) is 0 Å². The Morgan fingerprint density at radius 2 is 1.64 bits per heavy atom. The second-order valence-corrected chi connectivity index (χ2v) is 4.64. The molecule has 2 aromatic rings. The van der Waals surface area contributed by atoms with Gasteiger partial charge >= 0.3 is 0 Å². The number of alkyl halides is 2. The lowest BCUT2D eigenvalue weighted by Crippen LogP contribution is -1.98. The van der Waals surface area contributed by atoms with Crippen LogP contribution >= 0.6 is 0 Å². The second-order valence-electron chi connectivity index (χ2n) is 4.64. The number of hydrogen-bond donors (Lipinski definition) is 0. The van der Waals surface area contributed by atoms with E-state index >= 15 is 0 Å². The van der Waals surface area contributed by atoms with Gasteiger partial charge in [0, 0.05) is 5.56 Å². The first-order chi connectivity index (χ1) is 10.4. The average molecular weight is 310 g/mol. The quantitative estimate of drug-likeness (QED) is 0.755. The van der Waals surface area contributed by atoms with Gasteiger partial charge in [0.15, 0.2) is 11.6 Å². The lowest BCUT2D eigenvalue weighted by atomic mass is 10.1. The first kappa shape index (κ1) is 17.8. The van der Waals surface area contributed by atoms with E-state index in [-0.39, 0.29) is 11.3 Å². The minimum absolute atomic E-state index is 0.152. The molecule has 0 aliphatic rings. The van der Waals surface area contributed by atoms with Crippen LogP contribution in [0.15, 0.2) is 36.4 Å². The zero-order chi connectivity index (χ0) is 16.7. The number of rotatable bonds is 3. The number of carbonyl (C=O) groups excluding carboxylic acids is 1. The molecule has 0 bridgehead atoms. The zero-order valence-electron chi connectivity index (χ0n) is 12.6. The van der Waals surface area contributed by atoms with Gasteiger partial charge in [0.05, 0.1) is 12.7 Å². The van der Waals surface area contributed by atoms with Gasteiger partial charge < -0.3 is 4.74 Å². The highest BCUT2D eigenvalue weighted by atomic mass is 19.3. The van der Waals surface area contributed by atoms with Crippen LogP contribution in [0.5, 0.6) is 5.75 Å². The van der Waals surface area contributed by atoms with Crippen LogP contribution in [0.1, 0.15) is 33.5 Å². The third-order valence-corrected chi connectivity index (χ3v) is 3.01. The molecule has 0 saturated heterocycles. The Morgan fingerprint density at radius 3 is 2.09 bits per heavy atom. The number of ether oxygens (including phenoxy) is 1. The zero-order valence-corrected chi connectivity index (χ0v) is 12.6. The minimum Gasteiger partial charge on any atom is -0.494 e. The summed E-state index contributed by atoms with van der Waals surface area (Å²) in [4.78, 5) is 10.1. The Morgan fingerprint density at radius 1 is 1.05 bits per heavy atom. The summed E-state index contributed by atoms with van der Waals surface area (Å²) in [6, 6.07) is 10.2. The van der Waals surface area contributed by atoms with Crippen LogP contribution in [0, 0.1) is 19.7 Å². The van der Waals surface area contributed by atoms with Crippen molar-refractivity contribution in [2.45, 2.75) is 20.3 Å². The SMILES string of the molecule is COc1ccc(C)c(C(F)F)c1F.Cc1ccc(C=O)cc1. The molecule has 0 saturated carbocycles. The van der Waals surface area contributed by atoms with E-state index in [1.54, 1.807) is 0 Å². The van der Waals surface area contributed by atoms with Crippen molar-refractivity contribution >= 4 is 6.29 Å². The van der Waals surface area contributed by atoms with Crippen molar-refractivity contribution in [2.75, 3.05) is 7.11 Å². The van der Waals surface area contributed by atoms with E-state index in [9.17, 15) is 18.0 Å². The van der Waals surface area contributed by atoms with Crippen LogP contribution in [0.2, 0.25) is 0 Å². The van der Waals surface area contributed by atoms with Crippen LogP contribution in [-0.4, -0.2) is 13.4 Å². The van der Waals surface area contributed by atoms with Crippen molar-refractivity contribution in [1.29, 1.82) is 0 Å². The Balaban J connectivity index is 0.000000235. The number of methoxy groups -OCH3 is 1. The van der Waals surface area contributed by atoms with Gasteiger partial charge in [0.25, 0.3) is 6.43 Å². The summed E-state index contributed by atoms with van der Waals surface area (Å²) in [7, 11) is 1.24. The van der Waals surface area contributed by atoms with Crippen LogP contribution in [0.4, 0.5) is 13.2 Å². The standard InChI is InChI=1S/C9H9F3O.C8H8O/c1-5-3-4-6(13-2)8(10)7(5)9(11)12;1-7-2-4-8(6-9)5-3-7/h3-4,9H,1-2H3;2-6H,1H3. The van der Waals surface area contributed by atoms with Gasteiger partial charge in [-0.25, -0.2) is 13.2 Å². The van der Waals surface area contributed by atoms with Gasteiger partial charge in [-0.15, -0.1) is 0 Å². The predicted octanol–water partition coefficient (Wildman–Crippen LogP) is 4.89. The molecule has 0 heterocycles. The minimum atomic E-state index is -2.81. The number of aldehydes is 1. The second kappa shape index (κ2) is 8.22. The molecule has 0 unspecified atom stereocenters. The summed E-state index contributed by atoms with van der Waals surface area (Å²) in [5.74, 6) is -1.13. The first-order valence-electron chi connectivity index (χ1n) is 6.53. The third kappa shape index (κ3) is 4.62. The summed E-state index contributed by atoms with van der Waals surface area (Å²) in [6.07, 6.45) is -1.96. The fraction of sp³-hybridized carbons (Fsp3) is 0.235. The van der Waals surface area contributed by atoms with Crippen LogP contribution in [-0.2, 0) is 0 Å². The smallest absolute Gasteiger partial charge is 0.267 e. The lowest BCUT2D eigenvalue weighted by molar-refractivity contribution is 0.112. The number of hydrogen-bond acceptors (Lipinski definition) is 2. The number of carbonyl (C=O) groups is 1. The summed E-state index contributed by atoms with van der Waals surface area (Å²) >= 11 is 0. The molecule has 0 fully saturated rings. The van der Waals surface area contributed by atoms with Gasteiger partial charge in [-0.2, -0.15) is 0 Å². The monoisotopic (exact) mass is 310 g/mol. The molecular weight excluding hydrogens is 293 g/mol. The fourth-order valence-electron chi connectivity index (χ4n) is 1.74. The normalized spacial score (nSPS) is 9.95. The Kier molecular flexibility index (Phi) is 6.63. The highest BCUT2D eigenvalue weighted by molar-refractivity contribution is 5.74. The predicted molar refractivity (Wildman–Crippen MR) is 79.2 cm³/mol. The number of halogens is 3. The van der Waals surface area contributed by atoms with E-state index in [4.69, 9.17) is 0 Å². The molecule has 0 N–H and O–H groups in total. The van der Waals surface area contributed by atoms with E-state index in [1.165, 1.54) is 31.7 Å². The Hall–Kier alpha value is -2.30. The molecule has 2 nitrogen and oxygen atoms in total. The molecule has 0 aliphatic heterocycles. The molecule has 5 heteroatoms. The van der Waals surface area contributed by atoms with Crippen LogP contribution in [0.25, 0.3) is 0 Å². The molecule has 0 atom stereocenters. The van der Waals surface area contributed by atoms with Crippen molar-refractivity contribution in [3.8, 4) is 5.75 Å². The maximum absolute atomic E-state index is 13.2. The molecule has 2 aromatic carbocycles. The largest absolute Gasteiger partial charge is 0.494 e. The van der Waals surface area contributed by atoms with Crippen molar-refractivity contribution < 1.29 is 22.7 Å². The van der Waals surface area contributed by atoms with E-state index in [2.05, 4.69) is 4.74 Å². The molecule has 0 aromatic heterocycles. The summed E-state index contributed by atoms with van der Waals surface area (Å²) in [5.41, 5.74) is 1.56. The molecule has 0 aliphatic carbocycles.